The normalized spacial score (nSPS) is 19.8. The molecule has 30 heavy (non-hydrogen) atoms. The standard InChI is InChI=1S/C24H20ClN3OS/c1-15(2)12-13-28-21-11-10-17(25)14-20(21)24(23(28)29)27-26-22(30-24)19-9-5-7-16-6-3-4-8-18(16)19/h3-12,14,27H,13H2,1-2H3. The molecule has 4 nitrogen and oxygen atoms in total. The van der Waals surface area contributed by atoms with E-state index in [1.54, 1.807) is 4.90 Å². The number of hydrogen-bond acceptors (Lipinski definition) is 4. The maximum atomic E-state index is 13.6. The van der Waals surface area contributed by atoms with Gasteiger partial charge in [-0.15, -0.1) is 0 Å². The molecule has 6 heteroatoms. The van der Waals surface area contributed by atoms with Crippen LogP contribution in [0.25, 0.3) is 10.8 Å². The number of fused-ring (bicyclic) bond motifs is 3. The highest BCUT2D eigenvalue weighted by molar-refractivity contribution is 8.16. The summed E-state index contributed by atoms with van der Waals surface area (Å²) in [7, 11) is 0. The predicted octanol–water partition coefficient (Wildman–Crippen LogP) is 5.66. The highest BCUT2D eigenvalue weighted by Gasteiger charge is 2.55. The zero-order chi connectivity index (χ0) is 20.9. The Morgan fingerprint density at radius 1 is 1.17 bits per heavy atom. The number of anilines is 1. The molecule has 3 aromatic carbocycles. The van der Waals surface area contributed by atoms with Crippen LogP contribution < -0.4 is 10.3 Å². The number of nitrogens with one attached hydrogen (secondary N) is 1. The van der Waals surface area contributed by atoms with Crippen molar-refractivity contribution >= 4 is 50.8 Å². The summed E-state index contributed by atoms with van der Waals surface area (Å²) in [5, 5.41) is 8.29. The Morgan fingerprint density at radius 2 is 1.97 bits per heavy atom. The SMILES string of the molecule is CC(C)=CCN1C(=O)C2(NN=C(c3cccc4ccccc34)S2)c2cc(Cl)ccc21. The molecule has 1 unspecified atom stereocenters. The summed E-state index contributed by atoms with van der Waals surface area (Å²) < 4.78 is 0. The molecule has 1 amide bonds. The summed E-state index contributed by atoms with van der Waals surface area (Å²) >= 11 is 7.78. The quantitative estimate of drug-likeness (QED) is 0.542. The number of benzene rings is 3. The van der Waals surface area contributed by atoms with Crippen molar-refractivity contribution in [3.8, 4) is 0 Å². The van der Waals surface area contributed by atoms with Gasteiger partial charge in [-0.3, -0.25) is 10.2 Å². The number of allylic oxidation sites excluding steroid dienone is 1. The molecule has 150 valence electrons. The molecule has 0 saturated carbocycles. The summed E-state index contributed by atoms with van der Waals surface area (Å²) in [4.78, 5) is 14.5. The molecule has 0 radical (unpaired) electrons. The fourth-order valence-corrected chi connectivity index (χ4v) is 5.35. The topological polar surface area (TPSA) is 44.7 Å². The molecule has 5 rings (SSSR count). The van der Waals surface area contributed by atoms with Gasteiger partial charge in [0.05, 0.1) is 5.69 Å². The first-order valence-corrected chi connectivity index (χ1v) is 11.0. The predicted molar refractivity (Wildman–Crippen MR) is 126 cm³/mol. The van der Waals surface area contributed by atoms with Crippen molar-refractivity contribution in [2.75, 3.05) is 11.4 Å². The minimum atomic E-state index is -0.998. The van der Waals surface area contributed by atoms with Gasteiger partial charge >= 0.3 is 0 Å². The summed E-state index contributed by atoms with van der Waals surface area (Å²) in [5.41, 5.74) is 7.08. The van der Waals surface area contributed by atoms with E-state index >= 15 is 0 Å². The average molecular weight is 434 g/mol. The van der Waals surface area contributed by atoms with Gasteiger partial charge in [-0.05, 0) is 42.8 Å². The average Bonchev–Trinajstić information content (AvgIpc) is 3.28. The lowest BCUT2D eigenvalue weighted by Gasteiger charge is -2.22. The van der Waals surface area contributed by atoms with E-state index in [1.807, 2.05) is 56.3 Å². The molecular formula is C24H20ClN3OS. The molecule has 1 N–H and O–H groups in total. The fourth-order valence-electron chi connectivity index (χ4n) is 3.95. The van der Waals surface area contributed by atoms with Gasteiger partial charge in [-0.25, -0.2) is 0 Å². The minimum Gasteiger partial charge on any atom is -0.305 e. The van der Waals surface area contributed by atoms with Crippen molar-refractivity contribution in [2.45, 2.75) is 18.7 Å². The van der Waals surface area contributed by atoms with Gasteiger partial charge in [0, 0.05) is 22.7 Å². The molecule has 0 aliphatic carbocycles. The molecule has 2 heterocycles. The fraction of sp³-hybridized carbons (Fsp3) is 0.167. The molecule has 2 aliphatic heterocycles. The van der Waals surface area contributed by atoms with Gasteiger partial charge in [0.2, 0.25) is 4.87 Å². The summed E-state index contributed by atoms with van der Waals surface area (Å²) in [5.74, 6) is -0.0266. The van der Waals surface area contributed by atoms with Crippen molar-refractivity contribution in [2.24, 2.45) is 5.10 Å². The van der Waals surface area contributed by atoms with E-state index in [2.05, 4.69) is 34.8 Å². The van der Waals surface area contributed by atoms with Gasteiger partial charge < -0.3 is 4.90 Å². The Morgan fingerprint density at radius 3 is 2.80 bits per heavy atom. The van der Waals surface area contributed by atoms with Crippen LogP contribution in [0.2, 0.25) is 5.02 Å². The minimum absolute atomic E-state index is 0.0266. The maximum Gasteiger partial charge on any atom is 0.270 e. The Hall–Kier alpha value is -2.76. The molecule has 3 aromatic rings. The highest BCUT2D eigenvalue weighted by atomic mass is 35.5. The van der Waals surface area contributed by atoms with Crippen LogP contribution in [-0.4, -0.2) is 17.5 Å². The smallest absolute Gasteiger partial charge is 0.270 e. The summed E-state index contributed by atoms with van der Waals surface area (Å²) in [6.07, 6.45) is 2.06. The molecule has 1 atom stereocenters. The first-order chi connectivity index (χ1) is 14.5. The van der Waals surface area contributed by atoms with Crippen LogP contribution >= 0.6 is 23.4 Å². The maximum absolute atomic E-state index is 13.6. The number of carbonyl (C=O) groups excluding carboxylic acids is 1. The Balaban J connectivity index is 1.58. The van der Waals surface area contributed by atoms with Crippen LogP contribution in [0.3, 0.4) is 0 Å². The highest BCUT2D eigenvalue weighted by Crippen LogP contribution is 2.51. The molecular weight excluding hydrogens is 414 g/mol. The first kappa shape index (κ1) is 19.2. The van der Waals surface area contributed by atoms with Gasteiger partial charge in [-0.2, -0.15) is 5.10 Å². The van der Waals surface area contributed by atoms with E-state index < -0.39 is 4.87 Å². The number of rotatable bonds is 3. The third kappa shape index (κ3) is 2.92. The number of halogens is 1. The molecule has 0 saturated heterocycles. The van der Waals surface area contributed by atoms with E-state index in [4.69, 9.17) is 11.6 Å². The Kier molecular flexibility index (Phi) is 4.60. The van der Waals surface area contributed by atoms with Crippen molar-refractivity contribution in [3.05, 3.63) is 88.5 Å². The van der Waals surface area contributed by atoms with Gasteiger partial charge in [-0.1, -0.05) is 77.5 Å². The Bertz CT molecular complexity index is 1240. The second-order valence-corrected chi connectivity index (χ2v) is 9.34. The lowest BCUT2D eigenvalue weighted by molar-refractivity contribution is -0.120. The molecule has 2 aliphatic rings. The second kappa shape index (κ2) is 7.18. The van der Waals surface area contributed by atoms with Crippen LogP contribution in [0.5, 0.6) is 0 Å². The van der Waals surface area contributed by atoms with Crippen LogP contribution in [0, 0.1) is 0 Å². The van der Waals surface area contributed by atoms with Crippen molar-refractivity contribution in [1.82, 2.24) is 5.43 Å². The molecule has 0 aromatic heterocycles. The van der Waals surface area contributed by atoms with Gasteiger partial charge in [0.1, 0.15) is 5.04 Å². The van der Waals surface area contributed by atoms with Crippen LogP contribution in [-0.2, 0) is 9.67 Å². The van der Waals surface area contributed by atoms with E-state index in [-0.39, 0.29) is 5.91 Å². The van der Waals surface area contributed by atoms with E-state index in [1.165, 1.54) is 17.3 Å². The first-order valence-electron chi connectivity index (χ1n) is 9.77. The summed E-state index contributed by atoms with van der Waals surface area (Å²) in [6.45, 7) is 4.58. The Labute approximate surface area is 184 Å². The lowest BCUT2D eigenvalue weighted by atomic mass is 10.1. The van der Waals surface area contributed by atoms with Gasteiger partial charge in [0.15, 0.2) is 0 Å². The molecule has 1 spiro atoms. The van der Waals surface area contributed by atoms with Crippen molar-refractivity contribution < 1.29 is 4.79 Å². The number of carbonyl (C=O) groups is 1. The van der Waals surface area contributed by atoms with Crippen LogP contribution in [0.15, 0.2) is 77.4 Å². The largest absolute Gasteiger partial charge is 0.305 e. The molecule has 0 fully saturated rings. The van der Waals surface area contributed by atoms with E-state index in [0.717, 1.165) is 32.6 Å². The van der Waals surface area contributed by atoms with E-state index in [9.17, 15) is 4.79 Å². The zero-order valence-corrected chi connectivity index (χ0v) is 18.2. The van der Waals surface area contributed by atoms with E-state index in [0.29, 0.717) is 11.6 Å². The van der Waals surface area contributed by atoms with Crippen molar-refractivity contribution in [1.29, 1.82) is 0 Å². The molecule has 0 bridgehead atoms. The van der Waals surface area contributed by atoms with Crippen molar-refractivity contribution in [3.63, 3.8) is 0 Å². The summed E-state index contributed by atoms with van der Waals surface area (Å²) in [6, 6.07) is 20.0. The number of nitrogens with zero attached hydrogens (tertiary/aromatic N) is 2. The number of hydrazone groups is 1. The third-order valence-electron chi connectivity index (χ3n) is 5.44. The van der Waals surface area contributed by atoms with Gasteiger partial charge in [0.25, 0.3) is 5.91 Å². The monoisotopic (exact) mass is 433 g/mol. The lowest BCUT2D eigenvalue weighted by Crippen LogP contribution is -2.44. The number of thioether (sulfide) groups is 1. The van der Waals surface area contributed by atoms with Crippen LogP contribution in [0.1, 0.15) is 25.0 Å². The second-order valence-electron chi connectivity index (χ2n) is 7.70. The third-order valence-corrected chi connectivity index (χ3v) is 6.97. The number of amides is 1. The zero-order valence-electron chi connectivity index (χ0n) is 16.6. The number of hydrogen-bond donors (Lipinski definition) is 1. The van der Waals surface area contributed by atoms with Crippen LogP contribution in [0.4, 0.5) is 5.69 Å².